The lowest BCUT2D eigenvalue weighted by Crippen LogP contribution is -2.15. The summed E-state index contributed by atoms with van der Waals surface area (Å²) < 4.78 is 17.5. The van der Waals surface area contributed by atoms with Gasteiger partial charge in [-0.2, -0.15) is 10.4 Å². The molecule has 0 spiro atoms. The minimum Gasteiger partial charge on any atom is -0.454 e. The molecule has 7 nitrogen and oxygen atoms in total. The largest absolute Gasteiger partial charge is 0.454 e. The Morgan fingerprint density at radius 3 is 2.32 bits per heavy atom. The monoisotopic (exact) mass is 425 g/mol. The molecule has 31 heavy (non-hydrogen) atoms. The molecule has 1 aromatic heterocycles. The standard InChI is InChI=1S/C24H31N3O4/c1-8-27-22(16(2)17(3)26-27)23(31-15-30-21(28)14-29-7)20(13-25)18-9-11-19(12-10-18)24(4,5)6/h9-12H,8,14-15H2,1-7H3/b23-20-. The van der Waals surface area contributed by atoms with Crippen molar-refractivity contribution in [3.05, 3.63) is 52.3 Å². The van der Waals surface area contributed by atoms with Crippen LogP contribution in [0.25, 0.3) is 11.3 Å². The normalized spacial score (nSPS) is 12.2. The van der Waals surface area contributed by atoms with Gasteiger partial charge in [0.2, 0.25) is 6.79 Å². The summed E-state index contributed by atoms with van der Waals surface area (Å²) in [6, 6.07) is 10.1. The van der Waals surface area contributed by atoms with E-state index in [1.807, 2.05) is 45.0 Å². The van der Waals surface area contributed by atoms with E-state index >= 15 is 0 Å². The fraction of sp³-hybridized carbons (Fsp3) is 0.458. The third kappa shape index (κ3) is 5.74. The zero-order chi connectivity index (χ0) is 23.2. The summed E-state index contributed by atoms with van der Waals surface area (Å²) in [6.07, 6.45) is 0. The third-order valence-electron chi connectivity index (χ3n) is 5.01. The summed E-state index contributed by atoms with van der Waals surface area (Å²) in [5, 5.41) is 14.6. The van der Waals surface area contributed by atoms with Crippen LogP contribution in [0.1, 0.15) is 55.8 Å². The first kappa shape index (κ1) is 24.2. The molecular weight excluding hydrogens is 394 g/mol. The molecule has 2 aromatic rings. The van der Waals surface area contributed by atoms with E-state index in [4.69, 9.17) is 14.2 Å². The fourth-order valence-electron chi connectivity index (χ4n) is 3.14. The molecule has 1 heterocycles. The first-order valence-corrected chi connectivity index (χ1v) is 10.2. The Morgan fingerprint density at radius 1 is 1.16 bits per heavy atom. The van der Waals surface area contributed by atoms with Crippen molar-refractivity contribution in [3.63, 3.8) is 0 Å². The lowest BCUT2D eigenvalue weighted by Gasteiger charge is -2.19. The number of carbonyl (C=O) groups is 1. The van der Waals surface area contributed by atoms with Gasteiger partial charge in [0.1, 0.15) is 23.9 Å². The molecule has 0 bridgehead atoms. The van der Waals surface area contributed by atoms with E-state index in [2.05, 4.69) is 31.9 Å². The molecule has 7 heteroatoms. The molecule has 0 amide bonds. The first-order chi connectivity index (χ1) is 14.6. The van der Waals surface area contributed by atoms with Crippen LogP contribution < -0.4 is 0 Å². The molecule has 166 valence electrons. The van der Waals surface area contributed by atoms with Crippen LogP contribution in [0.3, 0.4) is 0 Å². The highest BCUT2D eigenvalue weighted by Gasteiger charge is 2.23. The van der Waals surface area contributed by atoms with Gasteiger partial charge in [-0.05, 0) is 37.3 Å². The number of aromatic nitrogens is 2. The fourth-order valence-corrected chi connectivity index (χ4v) is 3.14. The molecule has 0 aliphatic rings. The van der Waals surface area contributed by atoms with Crippen LogP contribution in [0.5, 0.6) is 0 Å². The van der Waals surface area contributed by atoms with Gasteiger partial charge in [-0.3, -0.25) is 4.68 Å². The van der Waals surface area contributed by atoms with Crippen LogP contribution in [0.15, 0.2) is 24.3 Å². The van der Waals surface area contributed by atoms with Crippen molar-refractivity contribution in [2.75, 3.05) is 20.5 Å². The molecule has 0 saturated heterocycles. The van der Waals surface area contributed by atoms with Crippen LogP contribution in [-0.2, 0) is 31.0 Å². The number of aryl methyl sites for hydroxylation is 2. The summed E-state index contributed by atoms with van der Waals surface area (Å²) in [4.78, 5) is 11.7. The quantitative estimate of drug-likeness (QED) is 0.270. The lowest BCUT2D eigenvalue weighted by molar-refractivity contribution is -0.155. The second-order valence-electron chi connectivity index (χ2n) is 8.23. The van der Waals surface area contributed by atoms with Crippen molar-refractivity contribution < 1.29 is 19.0 Å². The number of carbonyl (C=O) groups excluding carboxylic acids is 1. The molecule has 0 unspecified atom stereocenters. The van der Waals surface area contributed by atoms with Crippen molar-refractivity contribution >= 4 is 17.3 Å². The number of nitrogens with zero attached hydrogens (tertiary/aromatic N) is 3. The maximum Gasteiger partial charge on any atom is 0.334 e. The maximum absolute atomic E-state index is 11.7. The Morgan fingerprint density at radius 2 is 1.81 bits per heavy atom. The van der Waals surface area contributed by atoms with E-state index in [0.717, 1.165) is 22.4 Å². The summed E-state index contributed by atoms with van der Waals surface area (Å²) in [7, 11) is 1.41. The van der Waals surface area contributed by atoms with Crippen LogP contribution >= 0.6 is 0 Å². The van der Waals surface area contributed by atoms with Gasteiger partial charge < -0.3 is 14.2 Å². The van der Waals surface area contributed by atoms with Crippen LogP contribution in [-0.4, -0.2) is 36.3 Å². The van der Waals surface area contributed by atoms with Gasteiger partial charge in [0.25, 0.3) is 0 Å². The molecule has 0 saturated carbocycles. The number of nitriles is 1. The molecule has 2 rings (SSSR count). The van der Waals surface area contributed by atoms with E-state index in [9.17, 15) is 10.1 Å². The highest BCUT2D eigenvalue weighted by Crippen LogP contribution is 2.32. The third-order valence-corrected chi connectivity index (χ3v) is 5.01. The first-order valence-electron chi connectivity index (χ1n) is 10.2. The number of allylic oxidation sites excluding steroid dienone is 1. The number of rotatable bonds is 8. The van der Waals surface area contributed by atoms with Crippen molar-refractivity contribution in [2.45, 2.75) is 53.5 Å². The van der Waals surface area contributed by atoms with Gasteiger partial charge in [0, 0.05) is 19.2 Å². The van der Waals surface area contributed by atoms with Gasteiger partial charge in [-0.1, -0.05) is 45.0 Å². The van der Waals surface area contributed by atoms with Gasteiger partial charge >= 0.3 is 5.97 Å². The Labute approximate surface area is 184 Å². The SMILES string of the molecule is CCn1nc(C)c(C)c1/C(OCOC(=O)COC)=C(\C#N)c1ccc(C(C)(C)C)cc1. The molecular formula is C24H31N3O4. The zero-order valence-electron chi connectivity index (χ0n) is 19.4. The minimum atomic E-state index is -0.549. The van der Waals surface area contributed by atoms with Gasteiger partial charge in [-0.15, -0.1) is 0 Å². The molecule has 0 aliphatic carbocycles. The smallest absolute Gasteiger partial charge is 0.334 e. The number of benzene rings is 1. The van der Waals surface area contributed by atoms with E-state index in [0.29, 0.717) is 23.6 Å². The van der Waals surface area contributed by atoms with E-state index in [1.54, 1.807) is 4.68 Å². The summed E-state index contributed by atoms with van der Waals surface area (Å²) in [5.41, 5.74) is 4.66. The van der Waals surface area contributed by atoms with E-state index < -0.39 is 5.97 Å². The number of methoxy groups -OCH3 is 1. The number of hydrogen-bond donors (Lipinski definition) is 0. The molecule has 0 radical (unpaired) electrons. The number of hydrogen-bond acceptors (Lipinski definition) is 6. The molecule has 0 N–H and O–H groups in total. The highest BCUT2D eigenvalue weighted by atomic mass is 16.7. The van der Waals surface area contributed by atoms with Crippen LogP contribution in [0.2, 0.25) is 0 Å². The van der Waals surface area contributed by atoms with Crippen molar-refractivity contribution in [2.24, 2.45) is 0 Å². The maximum atomic E-state index is 11.7. The number of esters is 1. The molecule has 1 aromatic carbocycles. The summed E-state index contributed by atoms with van der Waals surface area (Å²) in [5.74, 6) is -0.219. The second kappa shape index (κ2) is 10.3. The minimum absolute atomic E-state index is 0.00153. The van der Waals surface area contributed by atoms with Crippen molar-refractivity contribution in [1.29, 1.82) is 5.26 Å². The van der Waals surface area contributed by atoms with Gasteiger partial charge in [0.15, 0.2) is 5.76 Å². The zero-order valence-corrected chi connectivity index (χ0v) is 19.4. The molecule has 0 atom stereocenters. The molecule has 0 aliphatic heterocycles. The second-order valence-corrected chi connectivity index (χ2v) is 8.23. The van der Waals surface area contributed by atoms with Crippen molar-refractivity contribution in [1.82, 2.24) is 9.78 Å². The highest BCUT2D eigenvalue weighted by molar-refractivity contribution is 5.94. The average molecular weight is 426 g/mol. The topological polar surface area (TPSA) is 86.4 Å². The predicted octanol–water partition coefficient (Wildman–Crippen LogP) is 4.37. The Balaban J connectivity index is 2.57. The van der Waals surface area contributed by atoms with Crippen molar-refractivity contribution in [3.8, 4) is 6.07 Å². The number of ether oxygens (including phenoxy) is 3. The van der Waals surface area contributed by atoms with Crippen LogP contribution in [0, 0.1) is 25.2 Å². The lowest BCUT2D eigenvalue weighted by atomic mass is 9.86. The Kier molecular flexibility index (Phi) is 8.01. The van der Waals surface area contributed by atoms with E-state index in [-0.39, 0.29) is 18.8 Å². The van der Waals surface area contributed by atoms with Crippen LogP contribution in [0.4, 0.5) is 0 Å². The van der Waals surface area contributed by atoms with Gasteiger partial charge in [-0.25, -0.2) is 4.79 Å². The summed E-state index contributed by atoms with van der Waals surface area (Å²) in [6.45, 7) is 12.3. The Hall–Kier alpha value is -3.11. The molecule has 0 fully saturated rings. The average Bonchev–Trinajstić information content (AvgIpc) is 3.01. The summed E-state index contributed by atoms with van der Waals surface area (Å²) >= 11 is 0. The van der Waals surface area contributed by atoms with E-state index in [1.165, 1.54) is 7.11 Å². The Bertz CT molecular complexity index is 990. The predicted molar refractivity (Wildman–Crippen MR) is 119 cm³/mol. The van der Waals surface area contributed by atoms with Gasteiger partial charge in [0.05, 0.1) is 5.69 Å².